The van der Waals surface area contributed by atoms with E-state index in [4.69, 9.17) is 5.11 Å². The van der Waals surface area contributed by atoms with Crippen molar-refractivity contribution in [2.75, 3.05) is 13.1 Å². The highest BCUT2D eigenvalue weighted by Crippen LogP contribution is 2.25. The summed E-state index contributed by atoms with van der Waals surface area (Å²) in [5.74, 6) is 0.00243. The first-order chi connectivity index (χ1) is 10.1. The van der Waals surface area contributed by atoms with Gasteiger partial charge < -0.3 is 15.3 Å². The average molecular weight is 289 g/mol. The second-order valence-electron chi connectivity index (χ2n) is 5.73. The van der Waals surface area contributed by atoms with Crippen LogP contribution in [-0.2, 0) is 11.2 Å². The lowest BCUT2D eigenvalue weighted by Gasteiger charge is -2.38. The highest BCUT2D eigenvalue weighted by atomic mass is 16.4. The maximum atomic E-state index is 12.2. The van der Waals surface area contributed by atoms with Gasteiger partial charge in [0.25, 0.3) is 0 Å². The van der Waals surface area contributed by atoms with Gasteiger partial charge in [0.2, 0.25) is 5.91 Å². The summed E-state index contributed by atoms with van der Waals surface area (Å²) >= 11 is 0. The lowest BCUT2D eigenvalue weighted by Crippen LogP contribution is -2.58. The van der Waals surface area contributed by atoms with E-state index in [1.54, 1.807) is 0 Å². The smallest absolute Gasteiger partial charge is 0.407 e. The second kappa shape index (κ2) is 5.37. The third-order valence-electron chi connectivity index (χ3n) is 4.30. The molecule has 112 valence electrons. The quantitative estimate of drug-likeness (QED) is 0.752. The predicted octanol–water partition coefficient (Wildman–Crippen LogP) is 0.787. The minimum atomic E-state index is -0.894. The Morgan fingerprint density at radius 2 is 1.95 bits per heavy atom. The molecule has 0 saturated carbocycles. The zero-order chi connectivity index (χ0) is 14.9. The van der Waals surface area contributed by atoms with Crippen molar-refractivity contribution in [2.24, 2.45) is 0 Å². The molecule has 2 aliphatic rings. The SMILES string of the molecule is O=C1NC2(CCN(C(=O)O)CC2)NC1Cc1ccccc1. The Morgan fingerprint density at radius 3 is 2.57 bits per heavy atom. The summed E-state index contributed by atoms with van der Waals surface area (Å²) in [4.78, 5) is 24.5. The van der Waals surface area contributed by atoms with Crippen LogP contribution in [0.15, 0.2) is 30.3 Å². The molecule has 0 aromatic heterocycles. The molecule has 3 rings (SSSR count). The maximum absolute atomic E-state index is 12.2. The number of carbonyl (C=O) groups excluding carboxylic acids is 1. The molecule has 0 radical (unpaired) electrons. The summed E-state index contributed by atoms with van der Waals surface area (Å²) in [5.41, 5.74) is 0.674. The van der Waals surface area contributed by atoms with Crippen LogP contribution in [-0.4, -0.2) is 46.8 Å². The molecule has 2 fully saturated rings. The monoisotopic (exact) mass is 289 g/mol. The molecular formula is C15H19N3O3. The molecule has 21 heavy (non-hydrogen) atoms. The molecule has 2 aliphatic heterocycles. The number of nitrogens with zero attached hydrogens (tertiary/aromatic N) is 1. The van der Waals surface area contributed by atoms with Crippen LogP contribution < -0.4 is 10.6 Å². The number of carbonyl (C=O) groups is 2. The van der Waals surface area contributed by atoms with Crippen molar-refractivity contribution >= 4 is 12.0 Å². The van der Waals surface area contributed by atoms with E-state index >= 15 is 0 Å². The number of piperidine rings is 1. The van der Waals surface area contributed by atoms with Gasteiger partial charge in [-0.25, -0.2) is 4.79 Å². The highest BCUT2D eigenvalue weighted by Gasteiger charge is 2.45. The number of rotatable bonds is 2. The van der Waals surface area contributed by atoms with Crippen molar-refractivity contribution in [3.63, 3.8) is 0 Å². The molecule has 3 N–H and O–H groups in total. The summed E-state index contributed by atoms with van der Waals surface area (Å²) in [6.45, 7) is 0.890. The van der Waals surface area contributed by atoms with E-state index in [1.807, 2.05) is 30.3 Å². The molecule has 0 bridgehead atoms. The van der Waals surface area contributed by atoms with Crippen molar-refractivity contribution in [1.82, 2.24) is 15.5 Å². The predicted molar refractivity (Wildman–Crippen MR) is 76.8 cm³/mol. The van der Waals surface area contributed by atoms with Crippen molar-refractivity contribution in [3.05, 3.63) is 35.9 Å². The molecular weight excluding hydrogens is 270 g/mol. The van der Waals surface area contributed by atoms with Crippen LogP contribution in [0.1, 0.15) is 18.4 Å². The van der Waals surface area contributed by atoms with Gasteiger partial charge in [-0.05, 0) is 12.0 Å². The zero-order valence-corrected chi connectivity index (χ0v) is 11.7. The lowest BCUT2D eigenvalue weighted by molar-refractivity contribution is -0.121. The Kier molecular flexibility index (Phi) is 3.55. The van der Waals surface area contributed by atoms with E-state index in [-0.39, 0.29) is 11.9 Å². The zero-order valence-electron chi connectivity index (χ0n) is 11.7. The number of hydrogen-bond donors (Lipinski definition) is 3. The fraction of sp³-hybridized carbons (Fsp3) is 0.467. The summed E-state index contributed by atoms with van der Waals surface area (Å²) in [7, 11) is 0. The largest absolute Gasteiger partial charge is 0.465 e. The van der Waals surface area contributed by atoms with Crippen LogP contribution >= 0.6 is 0 Å². The first-order valence-corrected chi connectivity index (χ1v) is 7.19. The van der Waals surface area contributed by atoms with Crippen molar-refractivity contribution in [2.45, 2.75) is 31.0 Å². The van der Waals surface area contributed by atoms with Gasteiger partial charge in [0, 0.05) is 25.9 Å². The normalized spacial score (nSPS) is 24.1. The van der Waals surface area contributed by atoms with Gasteiger partial charge in [0.05, 0.1) is 11.7 Å². The van der Waals surface area contributed by atoms with E-state index in [1.165, 1.54) is 4.90 Å². The highest BCUT2D eigenvalue weighted by molar-refractivity contribution is 5.85. The molecule has 6 nitrogen and oxygen atoms in total. The number of benzene rings is 1. The molecule has 2 heterocycles. The first kappa shape index (κ1) is 13.9. The first-order valence-electron chi connectivity index (χ1n) is 7.19. The summed E-state index contributed by atoms with van der Waals surface area (Å²) in [5, 5.41) is 15.4. The summed E-state index contributed by atoms with van der Waals surface area (Å²) in [6, 6.07) is 9.64. The van der Waals surface area contributed by atoms with E-state index < -0.39 is 11.8 Å². The minimum absolute atomic E-state index is 0.00243. The molecule has 0 aliphatic carbocycles. The van der Waals surface area contributed by atoms with E-state index in [2.05, 4.69) is 10.6 Å². The number of carboxylic acid groups (broad SMARTS) is 1. The van der Waals surface area contributed by atoms with Crippen LogP contribution in [0.4, 0.5) is 4.79 Å². The molecule has 1 aromatic rings. The van der Waals surface area contributed by atoms with Gasteiger partial charge in [-0.3, -0.25) is 10.1 Å². The fourth-order valence-corrected chi connectivity index (χ4v) is 3.10. The van der Waals surface area contributed by atoms with E-state index in [9.17, 15) is 9.59 Å². The topological polar surface area (TPSA) is 81.7 Å². The fourth-order valence-electron chi connectivity index (χ4n) is 3.10. The third kappa shape index (κ3) is 2.85. The standard InChI is InChI=1S/C15H19N3O3/c19-13-12(10-11-4-2-1-3-5-11)16-15(17-13)6-8-18(9-7-15)14(20)21/h1-5,12,16H,6-10H2,(H,17,19)(H,20,21). The Bertz CT molecular complexity index is 538. The Balaban J connectivity index is 1.64. The minimum Gasteiger partial charge on any atom is -0.465 e. The molecule has 1 atom stereocenters. The van der Waals surface area contributed by atoms with Gasteiger partial charge in [-0.15, -0.1) is 0 Å². The Hall–Kier alpha value is -2.08. The van der Waals surface area contributed by atoms with Crippen LogP contribution in [0.5, 0.6) is 0 Å². The molecule has 1 spiro atoms. The van der Waals surface area contributed by atoms with Crippen LogP contribution in [0.2, 0.25) is 0 Å². The van der Waals surface area contributed by atoms with Gasteiger partial charge in [0.15, 0.2) is 0 Å². The van der Waals surface area contributed by atoms with Gasteiger partial charge >= 0.3 is 6.09 Å². The third-order valence-corrected chi connectivity index (χ3v) is 4.30. The van der Waals surface area contributed by atoms with Crippen LogP contribution in [0.25, 0.3) is 0 Å². The molecule has 2 amide bonds. The lowest BCUT2D eigenvalue weighted by atomic mass is 9.97. The number of hydrogen-bond acceptors (Lipinski definition) is 3. The van der Waals surface area contributed by atoms with Crippen LogP contribution in [0, 0.1) is 0 Å². The molecule has 6 heteroatoms. The van der Waals surface area contributed by atoms with Crippen molar-refractivity contribution in [1.29, 1.82) is 0 Å². The molecule has 1 aromatic carbocycles. The molecule has 2 saturated heterocycles. The maximum Gasteiger partial charge on any atom is 0.407 e. The van der Waals surface area contributed by atoms with Gasteiger partial charge in [-0.2, -0.15) is 0 Å². The molecule has 1 unspecified atom stereocenters. The summed E-state index contributed by atoms with van der Waals surface area (Å²) in [6.07, 6.45) is 0.971. The van der Waals surface area contributed by atoms with Gasteiger partial charge in [0.1, 0.15) is 0 Å². The van der Waals surface area contributed by atoms with Crippen molar-refractivity contribution < 1.29 is 14.7 Å². The van der Waals surface area contributed by atoms with Gasteiger partial charge in [-0.1, -0.05) is 30.3 Å². The second-order valence-corrected chi connectivity index (χ2v) is 5.73. The number of likely N-dealkylation sites (tertiary alicyclic amines) is 1. The van der Waals surface area contributed by atoms with E-state index in [0.717, 1.165) is 5.56 Å². The van der Waals surface area contributed by atoms with E-state index in [0.29, 0.717) is 32.4 Å². The average Bonchev–Trinajstić information content (AvgIpc) is 2.76. The van der Waals surface area contributed by atoms with Crippen molar-refractivity contribution in [3.8, 4) is 0 Å². The number of nitrogens with one attached hydrogen (secondary N) is 2. The Labute approximate surface area is 123 Å². The number of amides is 2. The summed E-state index contributed by atoms with van der Waals surface area (Å²) < 4.78 is 0. The van der Waals surface area contributed by atoms with Crippen LogP contribution in [0.3, 0.4) is 0 Å². The Morgan fingerprint density at radius 1 is 1.29 bits per heavy atom.